The molecule has 84 valence electrons. The first-order chi connectivity index (χ1) is 8.34. The Morgan fingerprint density at radius 1 is 1.00 bits per heavy atom. The minimum Gasteiger partial charge on any atom is -0.366 e. The molecule has 0 bridgehead atoms. The summed E-state index contributed by atoms with van der Waals surface area (Å²) in [6.45, 7) is 0. The van der Waals surface area contributed by atoms with Crippen LogP contribution in [0.2, 0.25) is 0 Å². The van der Waals surface area contributed by atoms with Crippen LogP contribution >= 0.6 is 11.8 Å². The highest BCUT2D eigenvalue weighted by Gasteiger charge is 2.27. The second-order valence-electron chi connectivity index (χ2n) is 3.87. The van der Waals surface area contributed by atoms with Crippen LogP contribution in [0.5, 0.6) is 0 Å². The molecule has 0 saturated heterocycles. The fourth-order valence-corrected chi connectivity index (χ4v) is 2.95. The Hall–Kier alpha value is -1.74. The van der Waals surface area contributed by atoms with Gasteiger partial charge in [-0.1, -0.05) is 54.2 Å². The van der Waals surface area contributed by atoms with Gasteiger partial charge >= 0.3 is 0 Å². The van der Waals surface area contributed by atoms with E-state index in [1.807, 2.05) is 54.6 Å². The highest BCUT2D eigenvalue weighted by Crippen LogP contribution is 2.39. The first-order valence-corrected chi connectivity index (χ1v) is 6.34. The van der Waals surface area contributed by atoms with Gasteiger partial charge in [0.25, 0.3) is 0 Å². The maximum absolute atomic E-state index is 12.2. The number of anilines is 1. The molecule has 1 N–H and O–H groups in total. The predicted molar refractivity (Wildman–Crippen MR) is 70.5 cm³/mol. The molecular weight excluding hydrogens is 230 g/mol. The fraction of sp³-hybridized carbons (Fsp3) is 0.0714. The number of hydrogen-bond acceptors (Lipinski definition) is 3. The average Bonchev–Trinajstić information content (AvgIpc) is 2.82. The van der Waals surface area contributed by atoms with Crippen LogP contribution in [-0.4, -0.2) is 11.2 Å². The monoisotopic (exact) mass is 241 g/mol. The summed E-state index contributed by atoms with van der Waals surface area (Å²) in [5.74, 6) is 0.131. The van der Waals surface area contributed by atoms with E-state index in [4.69, 9.17) is 0 Å². The maximum Gasteiger partial charge on any atom is 0.195 e. The Morgan fingerprint density at radius 3 is 2.47 bits per heavy atom. The molecule has 17 heavy (non-hydrogen) atoms. The Labute approximate surface area is 104 Å². The zero-order valence-electron chi connectivity index (χ0n) is 9.09. The van der Waals surface area contributed by atoms with Crippen molar-refractivity contribution in [3.8, 4) is 0 Å². The fourth-order valence-electron chi connectivity index (χ4n) is 1.86. The molecule has 0 aromatic heterocycles. The van der Waals surface area contributed by atoms with E-state index in [1.54, 1.807) is 11.8 Å². The van der Waals surface area contributed by atoms with Gasteiger partial charge in [-0.05, 0) is 12.1 Å². The van der Waals surface area contributed by atoms with E-state index in [2.05, 4.69) is 5.32 Å². The summed E-state index contributed by atoms with van der Waals surface area (Å²) < 4.78 is 0. The number of rotatable bonds is 2. The maximum atomic E-state index is 12.2. The number of carbonyl (C=O) groups excluding carboxylic acids is 1. The summed E-state index contributed by atoms with van der Waals surface area (Å²) in [6.07, 6.45) is 0. The number of para-hydroxylation sites is 1. The first-order valence-electron chi connectivity index (χ1n) is 5.46. The molecule has 1 aliphatic heterocycles. The second kappa shape index (κ2) is 4.26. The van der Waals surface area contributed by atoms with E-state index < -0.39 is 0 Å². The van der Waals surface area contributed by atoms with Gasteiger partial charge < -0.3 is 5.32 Å². The molecule has 0 aliphatic carbocycles. The summed E-state index contributed by atoms with van der Waals surface area (Å²) in [5.41, 5.74) is 1.80. The van der Waals surface area contributed by atoms with Gasteiger partial charge in [0.15, 0.2) is 5.78 Å². The third kappa shape index (κ3) is 1.94. The number of Topliss-reactive ketones (excluding diaryl/α,β-unsaturated/α-hetero) is 1. The predicted octanol–water partition coefficient (Wildman–Crippen LogP) is 3.41. The van der Waals surface area contributed by atoms with Crippen molar-refractivity contribution in [2.45, 2.75) is 10.3 Å². The molecular formula is C14H11NOS. The van der Waals surface area contributed by atoms with Crippen LogP contribution in [0.15, 0.2) is 59.5 Å². The Morgan fingerprint density at radius 2 is 1.71 bits per heavy atom. The Balaban J connectivity index is 1.84. The topological polar surface area (TPSA) is 29.1 Å². The molecule has 0 amide bonds. The smallest absolute Gasteiger partial charge is 0.195 e. The van der Waals surface area contributed by atoms with Crippen LogP contribution in [0.4, 0.5) is 5.69 Å². The lowest BCUT2D eigenvalue weighted by Crippen LogP contribution is -2.22. The SMILES string of the molecule is O=C(c1ccccc1)C1Nc2ccccc2S1. The van der Waals surface area contributed by atoms with Crippen LogP contribution in [-0.2, 0) is 0 Å². The quantitative estimate of drug-likeness (QED) is 0.817. The molecule has 1 aliphatic rings. The average molecular weight is 241 g/mol. The van der Waals surface area contributed by atoms with E-state index >= 15 is 0 Å². The van der Waals surface area contributed by atoms with Crippen molar-refractivity contribution in [3.63, 3.8) is 0 Å². The molecule has 0 radical (unpaired) electrons. The van der Waals surface area contributed by atoms with Crippen molar-refractivity contribution in [1.82, 2.24) is 0 Å². The van der Waals surface area contributed by atoms with Crippen molar-refractivity contribution in [2.75, 3.05) is 5.32 Å². The minimum atomic E-state index is -0.199. The standard InChI is InChI=1S/C14H11NOS/c16-13(10-6-2-1-3-7-10)14-15-11-8-4-5-9-12(11)17-14/h1-9,14-15H. The number of carbonyl (C=O) groups is 1. The number of hydrogen-bond donors (Lipinski definition) is 1. The lowest BCUT2D eigenvalue weighted by molar-refractivity contribution is 0.0997. The van der Waals surface area contributed by atoms with Gasteiger partial charge in [-0.25, -0.2) is 0 Å². The van der Waals surface area contributed by atoms with E-state index in [0.29, 0.717) is 0 Å². The van der Waals surface area contributed by atoms with Gasteiger partial charge in [-0.15, -0.1) is 0 Å². The Kier molecular flexibility index (Phi) is 2.61. The summed E-state index contributed by atoms with van der Waals surface area (Å²) >= 11 is 1.58. The largest absolute Gasteiger partial charge is 0.366 e. The van der Waals surface area contributed by atoms with Gasteiger partial charge in [0.2, 0.25) is 0 Å². The molecule has 3 heteroatoms. The molecule has 2 aromatic rings. The van der Waals surface area contributed by atoms with E-state index in [-0.39, 0.29) is 11.2 Å². The van der Waals surface area contributed by atoms with Crippen LogP contribution in [0.3, 0.4) is 0 Å². The van der Waals surface area contributed by atoms with Crippen molar-refractivity contribution in [2.24, 2.45) is 0 Å². The normalized spacial score (nSPS) is 17.3. The number of thioether (sulfide) groups is 1. The van der Waals surface area contributed by atoms with Gasteiger partial charge in [0, 0.05) is 16.1 Å². The van der Waals surface area contributed by atoms with Crippen molar-refractivity contribution >= 4 is 23.2 Å². The van der Waals surface area contributed by atoms with Gasteiger partial charge in [-0.2, -0.15) is 0 Å². The molecule has 0 saturated carbocycles. The highest BCUT2D eigenvalue weighted by molar-refractivity contribution is 8.01. The van der Waals surface area contributed by atoms with Crippen LogP contribution in [0.25, 0.3) is 0 Å². The molecule has 0 fully saturated rings. The molecule has 2 nitrogen and oxygen atoms in total. The molecule has 2 aromatic carbocycles. The summed E-state index contributed by atoms with van der Waals surface area (Å²) in [7, 11) is 0. The van der Waals surface area contributed by atoms with Crippen LogP contribution in [0, 0.1) is 0 Å². The summed E-state index contributed by atoms with van der Waals surface area (Å²) in [6, 6.07) is 17.4. The van der Waals surface area contributed by atoms with Crippen molar-refractivity contribution in [3.05, 3.63) is 60.2 Å². The van der Waals surface area contributed by atoms with E-state index in [0.717, 1.165) is 16.1 Å². The van der Waals surface area contributed by atoms with Gasteiger partial charge in [0.05, 0.1) is 0 Å². The number of fused-ring (bicyclic) bond motifs is 1. The van der Waals surface area contributed by atoms with E-state index in [1.165, 1.54) is 0 Å². The number of nitrogens with one attached hydrogen (secondary N) is 1. The first kappa shape index (κ1) is 10.4. The number of benzene rings is 2. The lowest BCUT2D eigenvalue weighted by atomic mass is 10.1. The lowest BCUT2D eigenvalue weighted by Gasteiger charge is -2.08. The van der Waals surface area contributed by atoms with Crippen molar-refractivity contribution in [1.29, 1.82) is 0 Å². The minimum absolute atomic E-state index is 0.131. The summed E-state index contributed by atoms with van der Waals surface area (Å²) in [5, 5.41) is 3.05. The van der Waals surface area contributed by atoms with Crippen LogP contribution in [0.1, 0.15) is 10.4 Å². The summed E-state index contributed by atoms with van der Waals surface area (Å²) in [4.78, 5) is 13.4. The van der Waals surface area contributed by atoms with Gasteiger partial charge in [0.1, 0.15) is 5.37 Å². The second-order valence-corrected chi connectivity index (χ2v) is 5.02. The zero-order valence-corrected chi connectivity index (χ0v) is 9.91. The van der Waals surface area contributed by atoms with Crippen LogP contribution < -0.4 is 5.32 Å². The third-order valence-corrected chi connectivity index (χ3v) is 3.89. The molecule has 3 rings (SSSR count). The van der Waals surface area contributed by atoms with Crippen molar-refractivity contribution < 1.29 is 4.79 Å². The zero-order chi connectivity index (χ0) is 11.7. The molecule has 1 unspecified atom stereocenters. The molecule has 1 heterocycles. The highest BCUT2D eigenvalue weighted by atomic mass is 32.2. The molecule has 0 spiro atoms. The number of ketones is 1. The third-order valence-electron chi connectivity index (χ3n) is 2.71. The molecule has 1 atom stereocenters. The van der Waals surface area contributed by atoms with E-state index in [9.17, 15) is 4.79 Å². The Bertz CT molecular complexity index is 528. The van der Waals surface area contributed by atoms with Gasteiger partial charge in [-0.3, -0.25) is 4.79 Å².